The van der Waals surface area contributed by atoms with E-state index in [0.717, 1.165) is 9.87 Å². The second-order valence-corrected chi connectivity index (χ2v) is 6.69. The molecule has 1 aromatic rings. The van der Waals surface area contributed by atoms with Crippen molar-refractivity contribution >= 4 is 39.1 Å². The Balaban J connectivity index is 2.25. The molecule has 1 aliphatic heterocycles. The van der Waals surface area contributed by atoms with Gasteiger partial charge in [0.25, 0.3) is 5.91 Å². The number of nitrogens with one attached hydrogen (secondary N) is 1. The van der Waals surface area contributed by atoms with Crippen LogP contribution in [0.1, 0.15) is 12.5 Å². The largest absolute Gasteiger partial charge is 0.344 e. The average Bonchev–Trinajstić information content (AvgIpc) is 2.37. The Morgan fingerprint density at radius 1 is 1.33 bits per heavy atom. The highest BCUT2D eigenvalue weighted by atomic mass is 35.5. The molecule has 8 heteroatoms. The van der Waals surface area contributed by atoms with Crippen molar-refractivity contribution < 1.29 is 13.2 Å². The molecule has 1 amide bonds. The van der Waals surface area contributed by atoms with Gasteiger partial charge in [0.2, 0.25) is 0 Å². The van der Waals surface area contributed by atoms with Crippen LogP contribution in [-0.2, 0) is 15.0 Å². The van der Waals surface area contributed by atoms with Gasteiger partial charge in [0, 0.05) is 24.0 Å². The van der Waals surface area contributed by atoms with Gasteiger partial charge in [-0.05, 0) is 37.6 Å². The predicted octanol–water partition coefficient (Wildman–Crippen LogP) is 2.12. The molecule has 21 heavy (non-hydrogen) atoms. The van der Waals surface area contributed by atoms with Crippen LogP contribution in [0.25, 0.3) is 0 Å². The molecule has 1 aliphatic rings. The number of anilines is 1. The van der Waals surface area contributed by atoms with Gasteiger partial charge in [-0.3, -0.25) is 9.10 Å². The molecule has 6 nitrogen and oxygen atoms in total. The topological polar surface area (TPSA) is 78.8 Å². The van der Waals surface area contributed by atoms with E-state index in [2.05, 4.69) is 9.71 Å². The number of nitrogens with zero attached hydrogens (tertiary/aromatic N) is 2. The van der Waals surface area contributed by atoms with Crippen molar-refractivity contribution in [2.75, 3.05) is 12.4 Å². The molecule has 0 aliphatic carbocycles. The van der Waals surface area contributed by atoms with Crippen molar-refractivity contribution in [1.29, 1.82) is 0 Å². The maximum atomic E-state index is 12.2. The molecule has 1 aromatic carbocycles. The minimum absolute atomic E-state index is 0.149. The summed E-state index contributed by atoms with van der Waals surface area (Å²) < 4.78 is 27.5. The normalized spacial score (nSPS) is 17.0. The van der Waals surface area contributed by atoms with Crippen LogP contribution in [0.15, 0.2) is 34.4 Å². The third-order valence-electron chi connectivity index (χ3n) is 2.98. The molecule has 0 aromatic heterocycles. The molecule has 2 rings (SSSR count). The summed E-state index contributed by atoms with van der Waals surface area (Å²) >= 11 is 5.92. The number of amides is 1. The summed E-state index contributed by atoms with van der Waals surface area (Å²) in [6.07, 6.45) is 1.25. The molecule has 1 heterocycles. The zero-order valence-corrected chi connectivity index (χ0v) is 13.3. The molecular weight excluding hydrogens is 314 g/mol. The quantitative estimate of drug-likeness (QED) is 0.903. The van der Waals surface area contributed by atoms with Gasteiger partial charge in [-0.2, -0.15) is 8.42 Å². The smallest absolute Gasteiger partial charge is 0.322 e. The van der Waals surface area contributed by atoms with Crippen LogP contribution in [0.3, 0.4) is 0 Å². The van der Waals surface area contributed by atoms with Crippen molar-refractivity contribution in [3.8, 4) is 0 Å². The van der Waals surface area contributed by atoms with Crippen molar-refractivity contribution in [1.82, 2.24) is 4.31 Å². The third-order valence-corrected chi connectivity index (χ3v) is 4.74. The Bertz CT molecular complexity index is 769. The van der Waals surface area contributed by atoms with E-state index in [0.29, 0.717) is 10.7 Å². The summed E-state index contributed by atoms with van der Waals surface area (Å²) in [7, 11) is -2.39. The van der Waals surface area contributed by atoms with Crippen molar-refractivity contribution in [3.05, 3.63) is 40.6 Å². The molecule has 0 radical (unpaired) electrons. The van der Waals surface area contributed by atoms with E-state index in [4.69, 9.17) is 11.6 Å². The van der Waals surface area contributed by atoms with E-state index in [1.54, 1.807) is 18.2 Å². The van der Waals surface area contributed by atoms with Crippen molar-refractivity contribution in [2.24, 2.45) is 4.40 Å². The number of benzene rings is 1. The number of carbonyl (C=O) groups is 1. The predicted molar refractivity (Wildman–Crippen MR) is 82.7 cm³/mol. The number of carbonyl (C=O) groups excluding carboxylic acids is 1. The van der Waals surface area contributed by atoms with Gasteiger partial charge in [-0.25, -0.2) is 0 Å². The van der Waals surface area contributed by atoms with Gasteiger partial charge in [-0.1, -0.05) is 11.6 Å². The van der Waals surface area contributed by atoms with Gasteiger partial charge in [-0.15, -0.1) is 4.40 Å². The van der Waals surface area contributed by atoms with Gasteiger partial charge in [0.15, 0.2) is 0 Å². The van der Waals surface area contributed by atoms with Crippen molar-refractivity contribution in [2.45, 2.75) is 13.8 Å². The van der Waals surface area contributed by atoms with E-state index in [1.165, 1.54) is 20.2 Å². The van der Waals surface area contributed by atoms with E-state index < -0.39 is 16.1 Å². The van der Waals surface area contributed by atoms with Crippen LogP contribution >= 0.6 is 11.6 Å². The molecule has 0 saturated heterocycles. The summed E-state index contributed by atoms with van der Waals surface area (Å²) in [6.45, 7) is 3.30. The Labute approximate surface area is 128 Å². The number of rotatable bonds is 2. The van der Waals surface area contributed by atoms with Gasteiger partial charge in [0.05, 0.1) is 11.3 Å². The minimum Gasteiger partial charge on any atom is -0.322 e. The van der Waals surface area contributed by atoms with E-state index >= 15 is 0 Å². The number of hydrogen-bond donors (Lipinski definition) is 1. The van der Waals surface area contributed by atoms with Crippen LogP contribution in [0.5, 0.6) is 0 Å². The van der Waals surface area contributed by atoms with E-state index in [1.807, 2.05) is 6.92 Å². The SMILES string of the molecule is CC1=NS(=O)(=O)N(C)C=C1C(=O)Nc1ccc(Cl)c(C)c1. The monoisotopic (exact) mass is 327 g/mol. The minimum atomic E-state index is -3.71. The van der Waals surface area contributed by atoms with Crippen LogP contribution < -0.4 is 5.32 Å². The number of aryl methyl sites for hydroxylation is 1. The first-order chi connectivity index (χ1) is 9.70. The molecule has 0 fully saturated rings. The first-order valence-electron chi connectivity index (χ1n) is 6.05. The number of halogens is 1. The maximum absolute atomic E-state index is 12.2. The van der Waals surface area contributed by atoms with Crippen LogP contribution in [0.2, 0.25) is 5.02 Å². The summed E-state index contributed by atoms with van der Waals surface area (Å²) in [5.41, 5.74) is 1.75. The fourth-order valence-electron chi connectivity index (χ4n) is 1.77. The lowest BCUT2D eigenvalue weighted by atomic mass is 10.1. The average molecular weight is 328 g/mol. The second kappa shape index (κ2) is 5.50. The van der Waals surface area contributed by atoms with Gasteiger partial charge < -0.3 is 5.32 Å². The Morgan fingerprint density at radius 2 is 2.00 bits per heavy atom. The molecule has 0 atom stereocenters. The zero-order chi connectivity index (χ0) is 15.8. The Kier molecular flexibility index (Phi) is 4.06. The molecule has 0 bridgehead atoms. The number of hydrogen-bond acceptors (Lipinski definition) is 3. The third kappa shape index (κ3) is 3.25. The van der Waals surface area contributed by atoms with Crippen LogP contribution in [0.4, 0.5) is 5.69 Å². The van der Waals surface area contributed by atoms with Crippen LogP contribution in [-0.4, -0.2) is 31.4 Å². The lowest BCUT2D eigenvalue weighted by Crippen LogP contribution is -2.30. The standard InChI is InChI=1S/C13H14ClN3O3S/c1-8-6-10(4-5-12(8)14)15-13(18)11-7-17(3)21(19,20)16-9(11)2/h4-7H,1-3H3,(H,15,18). The lowest BCUT2D eigenvalue weighted by molar-refractivity contribution is -0.112. The summed E-state index contributed by atoms with van der Waals surface area (Å²) in [5.74, 6) is -0.431. The molecule has 0 unspecified atom stereocenters. The molecule has 0 saturated carbocycles. The highest BCUT2D eigenvalue weighted by molar-refractivity contribution is 7.88. The summed E-state index contributed by atoms with van der Waals surface area (Å²) in [5, 5.41) is 3.29. The maximum Gasteiger partial charge on any atom is 0.344 e. The van der Waals surface area contributed by atoms with Gasteiger partial charge >= 0.3 is 10.2 Å². The summed E-state index contributed by atoms with van der Waals surface area (Å²) in [4.78, 5) is 12.2. The second-order valence-electron chi connectivity index (χ2n) is 4.63. The van der Waals surface area contributed by atoms with Gasteiger partial charge in [0.1, 0.15) is 0 Å². The highest BCUT2D eigenvalue weighted by Gasteiger charge is 2.25. The Hall–Kier alpha value is -1.86. The zero-order valence-electron chi connectivity index (χ0n) is 11.7. The molecule has 0 spiro atoms. The van der Waals surface area contributed by atoms with E-state index in [-0.39, 0.29) is 11.3 Å². The first kappa shape index (κ1) is 15.5. The lowest BCUT2D eigenvalue weighted by Gasteiger charge is -2.19. The van der Waals surface area contributed by atoms with E-state index in [9.17, 15) is 13.2 Å². The first-order valence-corrected chi connectivity index (χ1v) is 7.82. The molecular formula is C13H14ClN3O3S. The van der Waals surface area contributed by atoms with Crippen LogP contribution in [0, 0.1) is 6.92 Å². The fraction of sp³-hybridized carbons (Fsp3) is 0.231. The fourth-order valence-corrected chi connectivity index (χ4v) is 2.70. The van der Waals surface area contributed by atoms with Crippen molar-refractivity contribution in [3.63, 3.8) is 0 Å². The highest BCUT2D eigenvalue weighted by Crippen LogP contribution is 2.21. The molecule has 112 valence electrons. The Morgan fingerprint density at radius 3 is 2.62 bits per heavy atom. The summed E-state index contributed by atoms with van der Waals surface area (Å²) in [6, 6.07) is 5.08. The molecule has 1 N–H and O–H groups in total.